The van der Waals surface area contributed by atoms with Crippen LogP contribution in [0.15, 0.2) is 0 Å². The smallest absolute Gasteiger partial charge is 0.550 e. The molecular weight excluding hydrogens is 285 g/mol. The summed E-state index contributed by atoms with van der Waals surface area (Å²) in [6.45, 7) is 2.19. The van der Waals surface area contributed by atoms with Crippen LogP contribution < -0.4 is 74.0 Å². The molecule has 13 heavy (non-hydrogen) atoms. The molecule has 3 heteroatoms. The zero-order valence-electron chi connectivity index (χ0n) is 8.97. The fourth-order valence-electron chi connectivity index (χ4n) is 1.23. The van der Waals surface area contributed by atoms with Crippen molar-refractivity contribution in [3.63, 3.8) is 0 Å². The molecule has 0 N–H and O–H groups in total. The van der Waals surface area contributed by atoms with Crippen molar-refractivity contribution in [2.45, 2.75) is 58.3 Å². The number of hydrogen-bond acceptors (Lipinski definition) is 2. The minimum absolute atomic E-state index is 0. The maximum Gasteiger partial charge on any atom is 1.00 e. The van der Waals surface area contributed by atoms with Crippen LogP contribution in [-0.2, 0) is 4.79 Å². The van der Waals surface area contributed by atoms with Gasteiger partial charge < -0.3 is 9.90 Å². The van der Waals surface area contributed by atoms with Crippen LogP contribution in [0.4, 0.5) is 0 Å². The minimum Gasteiger partial charge on any atom is -0.550 e. The number of carboxylic acids is 1. The molecule has 0 atom stereocenters. The van der Waals surface area contributed by atoms with Crippen molar-refractivity contribution in [3.05, 3.63) is 0 Å². The first-order chi connectivity index (χ1) is 5.77. The van der Waals surface area contributed by atoms with Gasteiger partial charge in [0.15, 0.2) is 0 Å². The number of carboxylic acid groups (broad SMARTS) is 1. The van der Waals surface area contributed by atoms with E-state index in [0.717, 1.165) is 12.8 Å². The summed E-state index contributed by atoms with van der Waals surface area (Å²) < 4.78 is 0. The molecule has 0 rings (SSSR count). The van der Waals surface area contributed by atoms with Gasteiger partial charge in [0, 0.05) is 5.97 Å². The molecule has 0 saturated heterocycles. The van der Waals surface area contributed by atoms with Crippen molar-refractivity contribution in [3.8, 4) is 0 Å². The first-order valence-corrected chi connectivity index (χ1v) is 4.97. The van der Waals surface area contributed by atoms with E-state index in [1.54, 1.807) is 0 Å². The Hall–Kier alpha value is 1.52. The first-order valence-electron chi connectivity index (χ1n) is 4.97. The molecule has 72 valence electrons. The van der Waals surface area contributed by atoms with Crippen LogP contribution in [0, 0.1) is 0 Å². The van der Waals surface area contributed by atoms with Gasteiger partial charge in [-0.1, -0.05) is 45.4 Å². The van der Waals surface area contributed by atoms with Gasteiger partial charge in [0.25, 0.3) is 0 Å². The Balaban J connectivity index is 0. The number of unbranched alkanes of at least 4 members (excludes halogenated alkanes) is 6. The fourth-order valence-corrected chi connectivity index (χ4v) is 1.23. The molecule has 0 aromatic rings. The van der Waals surface area contributed by atoms with Crippen molar-refractivity contribution < 1.29 is 78.8 Å². The topological polar surface area (TPSA) is 40.1 Å². The fraction of sp³-hybridized carbons (Fsp3) is 0.900. The van der Waals surface area contributed by atoms with Gasteiger partial charge in [-0.05, 0) is 12.8 Å². The van der Waals surface area contributed by atoms with Gasteiger partial charge >= 0.3 is 68.9 Å². The number of hydrogen-bond donors (Lipinski definition) is 0. The second-order valence-electron chi connectivity index (χ2n) is 3.24. The Morgan fingerprint density at radius 2 is 1.46 bits per heavy atom. The molecular formula is C10H19CsO2. The van der Waals surface area contributed by atoms with Gasteiger partial charge in [0.1, 0.15) is 0 Å². The van der Waals surface area contributed by atoms with Crippen molar-refractivity contribution >= 4 is 5.97 Å². The van der Waals surface area contributed by atoms with Crippen LogP contribution in [-0.4, -0.2) is 5.97 Å². The van der Waals surface area contributed by atoms with Crippen LogP contribution in [0.1, 0.15) is 58.3 Å². The van der Waals surface area contributed by atoms with Crippen molar-refractivity contribution in [2.24, 2.45) is 0 Å². The molecule has 0 bridgehead atoms. The molecule has 0 aromatic heterocycles. The Labute approximate surface area is 140 Å². The van der Waals surface area contributed by atoms with Gasteiger partial charge in [-0.25, -0.2) is 0 Å². The summed E-state index contributed by atoms with van der Waals surface area (Å²) in [6, 6.07) is 0. The van der Waals surface area contributed by atoms with E-state index in [1.165, 1.54) is 32.1 Å². The van der Waals surface area contributed by atoms with E-state index < -0.39 is 5.97 Å². The molecule has 0 fully saturated rings. The van der Waals surface area contributed by atoms with Crippen molar-refractivity contribution in [2.75, 3.05) is 0 Å². The van der Waals surface area contributed by atoms with Crippen LogP contribution in [0.2, 0.25) is 0 Å². The molecule has 0 aliphatic carbocycles. The summed E-state index contributed by atoms with van der Waals surface area (Å²) in [5, 5.41) is 10.0. The number of rotatable bonds is 8. The zero-order valence-corrected chi connectivity index (χ0v) is 15.3. The molecule has 0 amide bonds. The quantitative estimate of drug-likeness (QED) is 0.533. The molecule has 0 radical (unpaired) electrons. The normalized spacial score (nSPS) is 9.31. The summed E-state index contributed by atoms with van der Waals surface area (Å²) in [5.74, 6) is -0.913. The number of carbonyl (C=O) groups excluding carboxylic acids is 1. The maximum atomic E-state index is 10.0. The monoisotopic (exact) mass is 304 g/mol. The van der Waals surface area contributed by atoms with E-state index in [-0.39, 0.29) is 75.3 Å². The van der Waals surface area contributed by atoms with Gasteiger partial charge in [0.2, 0.25) is 0 Å². The van der Waals surface area contributed by atoms with Crippen LogP contribution in [0.25, 0.3) is 0 Å². The standard InChI is InChI=1S/C10H20O2.Cs/c1-2-3-4-5-6-7-8-9-10(11)12;/h2-9H2,1H3,(H,11,12);/q;+1/p-1. The molecule has 0 saturated carbocycles. The second kappa shape index (κ2) is 13.5. The Kier molecular flexibility index (Phi) is 17.6. The van der Waals surface area contributed by atoms with Crippen molar-refractivity contribution in [1.29, 1.82) is 0 Å². The predicted molar refractivity (Wildman–Crippen MR) is 47.6 cm³/mol. The first kappa shape index (κ1) is 16.9. The molecule has 0 unspecified atom stereocenters. The summed E-state index contributed by atoms with van der Waals surface area (Å²) in [7, 11) is 0. The van der Waals surface area contributed by atoms with E-state index in [2.05, 4.69) is 6.92 Å². The largest absolute Gasteiger partial charge is 1.00 e. The summed E-state index contributed by atoms with van der Waals surface area (Å²) >= 11 is 0. The van der Waals surface area contributed by atoms with E-state index in [0.29, 0.717) is 0 Å². The third-order valence-corrected chi connectivity index (χ3v) is 1.98. The van der Waals surface area contributed by atoms with Gasteiger partial charge in [-0.3, -0.25) is 0 Å². The van der Waals surface area contributed by atoms with Crippen molar-refractivity contribution in [1.82, 2.24) is 0 Å². The average molecular weight is 304 g/mol. The van der Waals surface area contributed by atoms with Gasteiger partial charge in [-0.2, -0.15) is 0 Å². The summed E-state index contributed by atoms with van der Waals surface area (Å²) in [4.78, 5) is 10.0. The van der Waals surface area contributed by atoms with Crippen LogP contribution >= 0.6 is 0 Å². The third kappa shape index (κ3) is 16.2. The molecule has 2 nitrogen and oxygen atoms in total. The SMILES string of the molecule is CCCCCCCCCC(=O)[O-].[Cs+]. The van der Waals surface area contributed by atoms with Gasteiger partial charge in [-0.15, -0.1) is 0 Å². The minimum atomic E-state index is -0.913. The van der Waals surface area contributed by atoms with E-state index in [4.69, 9.17) is 0 Å². The molecule has 0 aromatic carbocycles. The van der Waals surface area contributed by atoms with E-state index in [9.17, 15) is 9.90 Å². The van der Waals surface area contributed by atoms with E-state index in [1.807, 2.05) is 0 Å². The Morgan fingerprint density at radius 3 is 1.92 bits per heavy atom. The molecule has 0 heterocycles. The average Bonchev–Trinajstić information content (AvgIpc) is 2.02. The van der Waals surface area contributed by atoms with Gasteiger partial charge in [0.05, 0.1) is 0 Å². The number of aliphatic carboxylic acids is 1. The Bertz CT molecular complexity index is 115. The number of carbonyl (C=O) groups is 1. The second-order valence-corrected chi connectivity index (χ2v) is 3.24. The predicted octanol–water partition coefficient (Wildman–Crippen LogP) is -1.12. The Morgan fingerprint density at radius 1 is 1.00 bits per heavy atom. The van der Waals surface area contributed by atoms with Crippen LogP contribution in [0.5, 0.6) is 0 Å². The molecule has 0 aliphatic heterocycles. The van der Waals surface area contributed by atoms with Crippen LogP contribution in [0.3, 0.4) is 0 Å². The molecule has 0 aliphatic rings. The zero-order chi connectivity index (χ0) is 9.23. The molecule has 0 spiro atoms. The summed E-state index contributed by atoms with van der Waals surface area (Å²) in [6.07, 6.45) is 8.34. The third-order valence-electron chi connectivity index (χ3n) is 1.98. The summed E-state index contributed by atoms with van der Waals surface area (Å²) in [5.41, 5.74) is 0. The van der Waals surface area contributed by atoms with E-state index >= 15 is 0 Å². The maximum absolute atomic E-state index is 10.0.